The highest BCUT2D eigenvalue weighted by Gasteiger charge is 2.21. The second-order valence-corrected chi connectivity index (χ2v) is 6.93. The predicted molar refractivity (Wildman–Crippen MR) is 102 cm³/mol. The maximum Gasteiger partial charge on any atom is 0.229 e. The van der Waals surface area contributed by atoms with Crippen LogP contribution in [0.2, 0.25) is 0 Å². The number of aliphatic hydroxyl groups is 1. The lowest BCUT2D eigenvalue weighted by atomic mass is 10.1. The van der Waals surface area contributed by atoms with Crippen LogP contribution < -0.4 is 5.32 Å². The molecule has 2 aromatic carbocycles. The highest BCUT2D eigenvalue weighted by atomic mass is 19.1. The number of fused-ring (bicyclic) bond motifs is 1. The third-order valence-electron chi connectivity index (χ3n) is 3.76. The van der Waals surface area contributed by atoms with E-state index < -0.39 is 23.1 Å². The Labute approximate surface area is 156 Å². The molecule has 144 valence electrons. The van der Waals surface area contributed by atoms with Gasteiger partial charge in [-0.1, -0.05) is 13.5 Å². The van der Waals surface area contributed by atoms with E-state index in [1.54, 1.807) is 6.07 Å². The van der Waals surface area contributed by atoms with Crippen LogP contribution in [-0.4, -0.2) is 26.2 Å². The number of imidazole rings is 1. The molecule has 7 heteroatoms. The number of anilines is 1. The summed E-state index contributed by atoms with van der Waals surface area (Å²) < 4.78 is 28.9. The molecule has 2 N–H and O–H groups in total. The summed E-state index contributed by atoms with van der Waals surface area (Å²) in [6, 6.07) is 8.55. The largest absolute Gasteiger partial charge is 0.390 e. The number of carbonyl (C=O) groups excluding carboxylic acids is 1. The van der Waals surface area contributed by atoms with Crippen LogP contribution in [-0.2, 0) is 4.79 Å². The Bertz CT molecular complexity index is 971. The topological polar surface area (TPSA) is 67.2 Å². The van der Waals surface area contributed by atoms with Gasteiger partial charge in [0.05, 0.1) is 28.7 Å². The molecule has 0 aliphatic carbocycles. The van der Waals surface area contributed by atoms with Crippen molar-refractivity contribution in [3.63, 3.8) is 0 Å². The third-order valence-corrected chi connectivity index (χ3v) is 3.76. The van der Waals surface area contributed by atoms with Gasteiger partial charge in [-0.05, 0) is 50.6 Å². The first-order chi connectivity index (χ1) is 12.1. The van der Waals surface area contributed by atoms with Gasteiger partial charge in [0.1, 0.15) is 11.6 Å². The van der Waals surface area contributed by atoms with Gasteiger partial charge in [-0.15, -0.1) is 0 Å². The van der Waals surface area contributed by atoms with Crippen molar-refractivity contribution in [2.75, 3.05) is 5.32 Å². The van der Waals surface area contributed by atoms with Crippen molar-refractivity contribution in [1.29, 1.82) is 0 Å². The third kappa shape index (κ3) is 4.68. The van der Waals surface area contributed by atoms with Crippen molar-refractivity contribution in [2.45, 2.75) is 40.2 Å². The normalized spacial score (nSPS) is 11.3. The summed E-state index contributed by atoms with van der Waals surface area (Å²) in [6.07, 6.45) is -0.146. The minimum Gasteiger partial charge on any atom is -0.390 e. The van der Waals surface area contributed by atoms with Crippen LogP contribution in [0.5, 0.6) is 0 Å². The van der Waals surface area contributed by atoms with Crippen molar-refractivity contribution in [3.8, 4) is 5.69 Å². The molecule has 3 aromatic rings. The van der Waals surface area contributed by atoms with E-state index in [2.05, 4.69) is 10.3 Å². The standard InChI is InChI=1S/C19H19F2N3O2.CH4/c1-11-4-5-15-16(6-11)24(14-8-12(20)7-13(21)9-14)18(22-15)23-17(25)10-19(2,3)26;/h4-9,26H,10H2,1-3H3,(H,22,23,25);1H4. The number of nitrogens with zero attached hydrogens (tertiary/aromatic N) is 2. The summed E-state index contributed by atoms with van der Waals surface area (Å²) >= 11 is 0. The van der Waals surface area contributed by atoms with Crippen molar-refractivity contribution in [3.05, 3.63) is 53.6 Å². The molecule has 0 fully saturated rings. The lowest BCUT2D eigenvalue weighted by Gasteiger charge is -2.16. The quantitative estimate of drug-likeness (QED) is 0.712. The summed E-state index contributed by atoms with van der Waals surface area (Å²) in [6.45, 7) is 4.91. The zero-order chi connectivity index (χ0) is 19.1. The Morgan fingerprint density at radius 2 is 1.81 bits per heavy atom. The maximum atomic E-state index is 13.7. The van der Waals surface area contributed by atoms with Crippen molar-refractivity contribution < 1.29 is 18.7 Å². The number of aromatic nitrogens is 2. The fourth-order valence-corrected chi connectivity index (χ4v) is 2.76. The average molecular weight is 375 g/mol. The number of carbonyl (C=O) groups is 1. The van der Waals surface area contributed by atoms with Crippen LogP contribution in [0.3, 0.4) is 0 Å². The second-order valence-electron chi connectivity index (χ2n) is 6.93. The second kappa shape index (κ2) is 7.44. The highest BCUT2D eigenvalue weighted by Crippen LogP contribution is 2.27. The first kappa shape index (κ1) is 20.5. The Morgan fingerprint density at radius 1 is 1.19 bits per heavy atom. The fourth-order valence-electron chi connectivity index (χ4n) is 2.76. The molecule has 0 unspecified atom stereocenters. The number of aryl methyl sites for hydroxylation is 1. The van der Waals surface area contributed by atoms with E-state index in [1.807, 2.05) is 19.1 Å². The molecule has 0 aliphatic rings. The van der Waals surface area contributed by atoms with E-state index in [0.29, 0.717) is 11.0 Å². The van der Waals surface area contributed by atoms with Gasteiger partial charge < -0.3 is 5.11 Å². The van der Waals surface area contributed by atoms with Crippen molar-refractivity contribution in [2.24, 2.45) is 0 Å². The Balaban J connectivity index is 0.00000261. The van der Waals surface area contributed by atoms with Gasteiger partial charge in [0.25, 0.3) is 0 Å². The molecule has 27 heavy (non-hydrogen) atoms. The number of hydrogen-bond donors (Lipinski definition) is 2. The minimum absolute atomic E-state index is 0. The van der Waals surface area contributed by atoms with Crippen LogP contribution in [0.25, 0.3) is 16.7 Å². The van der Waals surface area contributed by atoms with E-state index in [-0.39, 0.29) is 25.5 Å². The molecule has 3 rings (SSSR count). The summed E-state index contributed by atoms with van der Waals surface area (Å²) in [5, 5.41) is 12.4. The number of rotatable bonds is 4. The van der Waals surface area contributed by atoms with Crippen molar-refractivity contribution in [1.82, 2.24) is 9.55 Å². The molecule has 0 aliphatic heterocycles. The summed E-state index contributed by atoms with van der Waals surface area (Å²) in [7, 11) is 0. The zero-order valence-electron chi connectivity index (χ0n) is 14.7. The smallest absolute Gasteiger partial charge is 0.229 e. The fraction of sp³-hybridized carbons (Fsp3) is 0.300. The molecule has 1 aromatic heterocycles. The van der Waals surface area contributed by atoms with E-state index in [9.17, 15) is 18.7 Å². The first-order valence-electron chi connectivity index (χ1n) is 8.10. The number of hydrogen-bond acceptors (Lipinski definition) is 3. The first-order valence-corrected chi connectivity index (χ1v) is 8.10. The average Bonchev–Trinajstić information content (AvgIpc) is 2.80. The predicted octanol–water partition coefficient (Wildman–Crippen LogP) is 4.35. The van der Waals surface area contributed by atoms with E-state index in [0.717, 1.165) is 23.8 Å². The Hall–Kier alpha value is -2.80. The van der Waals surface area contributed by atoms with E-state index in [4.69, 9.17) is 0 Å². The van der Waals surface area contributed by atoms with Gasteiger partial charge in [-0.25, -0.2) is 13.8 Å². The van der Waals surface area contributed by atoms with Crippen LogP contribution in [0.1, 0.15) is 33.3 Å². The van der Waals surface area contributed by atoms with E-state index >= 15 is 0 Å². The molecule has 0 radical (unpaired) electrons. The van der Waals surface area contributed by atoms with Gasteiger partial charge in [0.2, 0.25) is 11.9 Å². The number of halogens is 2. The molecule has 0 bridgehead atoms. The molecule has 0 spiro atoms. The highest BCUT2D eigenvalue weighted by molar-refractivity contribution is 5.93. The Kier molecular flexibility index (Phi) is 5.65. The van der Waals surface area contributed by atoms with Gasteiger partial charge in [-0.2, -0.15) is 0 Å². The van der Waals surface area contributed by atoms with Crippen molar-refractivity contribution >= 4 is 22.9 Å². The van der Waals surface area contributed by atoms with Gasteiger partial charge in [0.15, 0.2) is 0 Å². The number of amides is 1. The SMILES string of the molecule is C.Cc1ccc2nc(NC(=O)CC(C)(C)O)n(-c3cc(F)cc(F)c3)c2c1. The Morgan fingerprint density at radius 3 is 2.41 bits per heavy atom. The maximum absolute atomic E-state index is 13.7. The number of nitrogens with one attached hydrogen (secondary N) is 1. The summed E-state index contributed by atoms with van der Waals surface area (Å²) in [4.78, 5) is 16.6. The molecule has 0 atom stereocenters. The number of benzene rings is 2. The molecular formula is C20H23F2N3O2. The lowest BCUT2D eigenvalue weighted by Crippen LogP contribution is -2.28. The molecular weight excluding hydrogens is 352 g/mol. The lowest BCUT2D eigenvalue weighted by molar-refractivity contribution is -0.119. The van der Waals surface area contributed by atoms with Gasteiger partial charge in [0, 0.05) is 6.07 Å². The molecule has 5 nitrogen and oxygen atoms in total. The van der Waals surface area contributed by atoms with Gasteiger partial charge >= 0.3 is 0 Å². The molecule has 0 saturated carbocycles. The monoisotopic (exact) mass is 375 g/mol. The molecule has 1 heterocycles. The van der Waals surface area contributed by atoms with Crippen LogP contribution in [0.4, 0.5) is 14.7 Å². The van der Waals surface area contributed by atoms with Gasteiger partial charge in [-0.3, -0.25) is 14.7 Å². The zero-order valence-corrected chi connectivity index (χ0v) is 14.7. The van der Waals surface area contributed by atoms with E-state index in [1.165, 1.54) is 18.4 Å². The minimum atomic E-state index is -1.19. The summed E-state index contributed by atoms with van der Waals surface area (Å²) in [5.41, 5.74) is 1.12. The summed E-state index contributed by atoms with van der Waals surface area (Å²) in [5.74, 6) is -1.79. The molecule has 1 amide bonds. The molecule has 0 saturated heterocycles. The van der Waals surface area contributed by atoms with Crippen LogP contribution >= 0.6 is 0 Å². The van der Waals surface area contributed by atoms with Crippen LogP contribution in [0.15, 0.2) is 36.4 Å². The van der Waals surface area contributed by atoms with Crippen LogP contribution in [0, 0.1) is 18.6 Å².